The molecule has 1 aromatic rings. The second kappa shape index (κ2) is 5.82. The molecule has 0 N–H and O–H groups in total. The summed E-state index contributed by atoms with van der Waals surface area (Å²) in [6, 6.07) is 9.78. The van der Waals surface area contributed by atoms with E-state index in [0.29, 0.717) is 6.61 Å². The van der Waals surface area contributed by atoms with Crippen molar-refractivity contribution in [3.8, 4) is 0 Å². The van der Waals surface area contributed by atoms with E-state index in [1.165, 1.54) is 7.11 Å². The fourth-order valence-corrected chi connectivity index (χ4v) is 1.53. The van der Waals surface area contributed by atoms with Crippen molar-refractivity contribution in [3.63, 3.8) is 0 Å². The van der Waals surface area contributed by atoms with Crippen LogP contribution in [-0.2, 0) is 20.9 Å². The van der Waals surface area contributed by atoms with Crippen LogP contribution in [0, 0.1) is 5.41 Å². The van der Waals surface area contributed by atoms with Gasteiger partial charge in [-0.05, 0) is 11.0 Å². The normalized spacial score (nSPS) is 13.2. The third-order valence-corrected chi connectivity index (χ3v) is 2.46. The molecule has 1 rings (SSSR count). The molecule has 3 nitrogen and oxygen atoms in total. The summed E-state index contributed by atoms with van der Waals surface area (Å²) in [5.41, 5.74) is 0.771. The monoisotopic (exact) mass is 236 g/mol. The Morgan fingerprint density at radius 2 is 1.82 bits per heavy atom. The second-order valence-electron chi connectivity index (χ2n) is 5.07. The van der Waals surface area contributed by atoms with Gasteiger partial charge in [0.05, 0.1) is 13.7 Å². The molecule has 0 saturated carbocycles. The van der Waals surface area contributed by atoms with Gasteiger partial charge >= 0.3 is 5.97 Å². The lowest BCUT2D eigenvalue weighted by molar-refractivity contribution is -0.163. The van der Waals surface area contributed by atoms with Gasteiger partial charge in [-0.25, -0.2) is 4.79 Å². The molecule has 0 radical (unpaired) electrons. The number of hydrogen-bond acceptors (Lipinski definition) is 3. The van der Waals surface area contributed by atoms with E-state index >= 15 is 0 Å². The van der Waals surface area contributed by atoms with Crippen LogP contribution < -0.4 is 0 Å². The first-order valence-corrected chi connectivity index (χ1v) is 5.68. The fourth-order valence-electron chi connectivity index (χ4n) is 1.53. The van der Waals surface area contributed by atoms with E-state index in [-0.39, 0.29) is 11.4 Å². The Hall–Kier alpha value is -1.35. The predicted octanol–water partition coefficient (Wildman–Crippen LogP) is 2.79. The highest BCUT2D eigenvalue weighted by Crippen LogP contribution is 2.24. The Bertz CT molecular complexity index is 351. The van der Waals surface area contributed by atoms with Crippen molar-refractivity contribution >= 4 is 5.97 Å². The number of carbonyl (C=O) groups excluding carboxylic acids is 1. The zero-order chi connectivity index (χ0) is 12.9. The number of carbonyl (C=O) groups is 1. The second-order valence-corrected chi connectivity index (χ2v) is 5.07. The lowest BCUT2D eigenvalue weighted by atomic mass is 9.89. The molecule has 94 valence electrons. The summed E-state index contributed by atoms with van der Waals surface area (Å²) in [4.78, 5) is 11.6. The molecule has 0 saturated heterocycles. The number of benzene rings is 1. The van der Waals surface area contributed by atoms with Crippen LogP contribution in [0.25, 0.3) is 0 Å². The molecule has 0 amide bonds. The van der Waals surface area contributed by atoms with Gasteiger partial charge in [-0.15, -0.1) is 0 Å². The Kier molecular flexibility index (Phi) is 4.70. The van der Waals surface area contributed by atoms with Crippen LogP contribution in [0.5, 0.6) is 0 Å². The molecular formula is C14H20O3. The SMILES string of the molecule is COC(=O)[C@H](OCc1ccccc1)C(C)(C)C. The van der Waals surface area contributed by atoms with Crippen molar-refractivity contribution in [1.82, 2.24) is 0 Å². The van der Waals surface area contributed by atoms with Gasteiger partial charge in [0.2, 0.25) is 0 Å². The highest BCUT2D eigenvalue weighted by Gasteiger charge is 2.33. The summed E-state index contributed by atoms with van der Waals surface area (Å²) < 4.78 is 10.4. The van der Waals surface area contributed by atoms with E-state index in [2.05, 4.69) is 0 Å². The summed E-state index contributed by atoms with van der Waals surface area (Å²) in [7, 11) is 1.38. The van der Waals surface area contributed by atoms with Gasteiger partial charge in [-0.3, -0.25) is 0 Å². The quantitative estimate of drug-likeness (QED) is 0.754. The minimum Gasteiger partial charge on any atom is -0.467 e. The summed E-state index contributed by atoms with van der Waals surface area (Å²) in [6.07, 6.45) is -0.548. The number of hydrogen-bond donors (Lipinski definition) is 0. The third kappa shape index (κ3) is 4.19. The van der Waals surface area contributed by atoms with Gasteiger partial charge in [0.15, 0.2) is 6.10 Å². The maximum absolute atomic E-state index is 11.6. The number of methoxy groups -OCH3 is 1. The Balaban J connectivity index is 2.65. The van der Waals surface area contributed by atoms with E-state index in [9.17, 15) is 4.79 Å². The summed E-state index contributed by atoms with van der Waals surface area (Å²) in [6.45, 7) is 6.29. The van der Waals surface area contributed by atoms with Crippen LogP contribution in [0.1, 0.15) is 26.3 Å². The number of esters is 1. The van der Waals surface area contributed by atoms with Gasteiger partial charge in [0.25, 0.3) is 0 Å². The summed E-state index contributed by atoms with van der Waals surface area (Å²) in [5, 5.41) is 0. The maximum atomic E-state index is 11.6. The molecule has 0 aliphatic heterocycles. The van der Waals surface area contributed by atoms with E-state index in [1.807, 2.05) is 51.1 Å². The molecule has 0 aromatic heterocycles. The van der Waals surface area contributed by atoms with Crippen LogP contribution in [0.2, 0.25) is 0 Å². The van der Waals surface area contributed by atoms with Crippen LogP contribution in [0.4, 0.5) is 0 Å². The van der Waals surface area contributed by atoms with E-state index in [4.69, 9.17) is 9.47 Å². The number of rotatable bonds is 4. The van der Waals surface area contributed by atoms with Crippen molar-refractivity contribution in [2.45, 2.75) is 33.5 Å². The molecule has 3 heteroatoms. The maximum Gasteiger partial charge on any atom is 0.335 e. The minimum atomic E-state index is -0.548. The average Bonchev–Trinajstić information content (AvgIpc) is 2.28. The first-order chi connectivity index (χ1) is 7.95. The average molecular weight is 236 g/mol. The van der Waals surface area contributed by atoms with Gasteiger partial charge in [-0.2, -0.15) is 0 Å². The fraction of sp³-hybridized carbons (Fsp3) is 0.500. The zero-order valence-electron chi connectivity index (χ0n) is 10.9. The predicted molar refractivity (Wildman–Crippen MR) is 66.5 cm³/mol. The van der Waals surface area contributed by atoms with Crippen molar-refractivity contribution in [2.24, 2.45) is 5.41 Å². The molecule has 0 bridgehead atoms. The van der Waals surface area contributed by atoms with E-state index < -0.39 is 6.10 Å². The van der Waals surface area contributed by atoms with Crippen molar-refractivity contribution in [2.75, 3.05) is 7.11 Å². The van der Waals surface area contributed by atoms with Crippen LogP contribution in [0.3, 0.4) is 0 Å². The standard InChI is InChI=1S/C14H20O3/c1-14(2,3)12(13(15)16-4)17-10-11-8-6-5-7-9-11/h5-9,12H,10H2,1-4H3/t12-/m0/s1. The number of ether oxygens (including phenoxy) is 2. The highest BCUT2D eigenvalue weighted by atomic mass is 16.6. The smallest absolute Gasteiger partial charge is 0.335 e. The lowest BCUT2D eigenvalue weighted by Gasteiger charge is -2.28. The highest BCUT2D eigenvalue weighted by molar-refractivity contribution is 5.75. The topological polar surface area (TPSA) is 35.5 Å². The molecule has 0 fully saturated rings. The van der Waals surface area contributed by atoms with E-state index in [0.717, 1.165) is 5.56 Å². The van der Waals surface area contributed by atoms with Crippen LogP contribution >= 0.6 is 0 Å². The van der Waals surface area contributed by atoms with Crippen LogP contribution in [0.15, 0.2) is 30.3 Å². The lowest BCUT2D eigenvalue weighted by Crippen LogP contribution is -2.37. The molecular weight excluding hydrogens is 216 g/mol. The first kappa shape index (κ1) is 13.7. The first-order valence-electron chi connectivity index (χ1n) is 5.68. The Morgan fingerprint density at radius 3 is 2.29 bits per heavy atom. The molecule has 0 aliphatic carbocycles. The third-order valence-electron chi connectivity index (χ3n) is 2.46. The Morgan fingerprint density at radius 1 is 1.24 bits per heavy atom. The minimum absolute atomic E-state index is 0.276. The summed E-state index contributed by atoms with van der Waals surface area (Å²) >= 11 is 0. The molecule has 1 atom stereocenters. The van der Waals surface area contributed by atoms with E-state index in [1.54, 1.807) is 0 Å². The molecule has 1 aromatic carbocycles. The molecule has 17 heavy (non-hydrogen) atoms. The molecule has 0 spiro atoms. The van der Waals surface area contributed by atoms with Gasteiger partial charge < -0.3 is 9.47 Å². The molecule has 0 heterocycles. The van der Waals surface area contributed by atoms with Crippen molar-refractivity contribution in [3.05, 3.63) is 35.9 Å². The molecule has 0 aliphatic rings. The van der Waals surface area contributed by atoms with Gasteiger partial charge in [0.1, 0.15) is 0 Å². The zero-order valence-corrected chi connectivity index (χ0v) is 10.9. The van der Waals surface area contributed by atoms with Gasteiger partial charge in [-0.1, -0.05) is 51.1 Å². The summed E-state index contributed by atoms with van der Waals surface area (Å²) in [5.74, 6) is -0.326. The largest absolute Gasteiger partial charge is 0.467 e. The van der Waals surface area contributed by atoms with Crippen LogP contribution in [-0.4, -0.2) is 19.2 Å². The Labute approximate surface area is 103 Å². The van der Waals surface area contributed by atoms with Crippen molar-refractivity contribution < 1.29 is 14.3 Å². The molecule has 0 unspecified atom stereocenters. The van der Waals surface area contributed by atoms with Gasteiger partial charge in [0, 0.05) is 0 Å². The van der Waals surface area contributed by atoms with Crippen molar-refractivity contribution in [1.29, 1.82) is 0 Å².